The zero-order valence-corrected chi connectivity index (χ0v) is 10.4. The lowest BCUT2D eigenvalue weighted by Gasteiger charge is -2.33. The van der Waals surface area contributed by atoms with Gasteiger partial charge in [0.05, 0.1) is 0 Å². The molecule has 1 aromatic heterocycles. The average molecular weight is 264 g/mol. The van der Waals surface area contributed by atoms with E-state index < -0.39 is 17.4 Å². The molecule has 1 aliphatic carbocycles. The van der Waals surface area contributed by atoms with Crippen LogP contribution in [0.25, 0.3) is 0 Å². The summed E-state index contributed by atoms with van der Waals surface area (Å²) in [5.41, 5.74) is 4.32. The summed E-state index contributed by atoms with van der Waals surface area (Å²) < 4.78 is 0. The number of hydrogen-bond acceptors (Lipinski definition) is 5. The van der Waals surface area contributed by atoms with Gasteiger partial charge in [-0.15, -0.1) is 0 Å². The van der Waals surface area contributed by atoms with E-state index in [1.807, 2.05) is 0 Å². The molecule has 0 bridgehead atoms. The van der Waals surface area contributed by atoms with Crippen molar-refractivity contribution >= 4 is 17.7 Å². The fourth-order valence-corrected chi connectivity index (χ4v) is 2.35. The molecule has 102 valence electrons. The molecule has 0 unspecified atom stereocenters. The third-order valence-corrected chi connectivity index (χ3v) is 3.41. The van der Waals surface area contributed by atoms with E-state index in [2.05, 4.69) is 15.3 Å². The van der Waals surface area contributed by atoms with Crippen molar-refractivity contribution in [1.29, 1.82) is 0 Å². The Bertz CT molecular complexity index is 498. The topological polar surface area (TPSA) is 118 Å². The van der Waals surface area contributed by atoms with Gasteiger partial charge in [0.15, 0.2) is 11.5 Å². The molecule has 7 nitrogen and oxygen atoms in total. The summed E-state index contributed by atoms with van der Waals surface area (Å²) in [4.78, 5) is 31.1. The molecule has 0 atom stereocenters. The number of carbonyl (C=O) groups excluding carboxylic acids is 1. The normalized spacial score (nSPS) is 17.7. The number of nitrogens with zero attached hydrogens (tertiary/aromatic N) is 2. The summed E-state index contributed by atoms with van der Waals surface area (Å²) in [6, 6.07) is 0. The van der Waals surface area contributed by atoms with E-state index in [0.717, 1.165) is 19.3 Å². The molecule has 0 aliphatic heterocycles. The quantitative estimate of drug-likeness (QED) is 0.734. The van der Waals surface area contributed by atoms with Crippen LogP contribution in [0.2, 0.25) is 0 Å². The van der Waals surface area contributed by atoms with E-state index in [1.165, 1.54) is 12.4 Å². The van der Waals surface area contributed by atoms with Crippen LogP contribution < -0.4 is 11.1 Å². The first-order valence-corrected chi connectivity index (χ1v) is 6.17. The number of anilines is 1. The van der Waals surface area contributed by atoms with Gasteiger partial charge in [-0.1, -0.05) is 19.3 Å². The largest absolute Gasteiger partial charge is 0.480 e. The molecule has 0 spiro atoms. The molecule has 1 saturated carbocycles. The summed E-state index contributed by atoms with van der Waals surface area (Å²) >= 11 is 0. The van der Waals surface area contributed by atoms with Crippen LogP contribution >= 0.6 is 0 Å². The van der Waals surface area contributed by atoms with Gasteiger partial charge in [0.1, 0.15) is 5.54 Å². The molecule has 1 aromatic rings. The number of carbonyl (C=O) groups is 2. The van der Waals surface area contributed by atoms with Crippen LogP contribution in [0, 0.1) is 0 Å². The zero-order valence-electron chi connectivity index (χ0n) is 10.4. The monoisotopic (exact) mass is 264 g/mol. The van der Waals surface area contributed by atoms with Crippen LogP contribution in [0.15, 0.2) is 12.4 Å². The van der Waals surface area contributed by atoms with Crippen molar-refractivity contribution in [1.82, 2.24) is 15.3 Å². The molecule has 1 aliphatic rings. The standard InChI is InChI=1S/C12H16N4O3/c13-9-8(14-6-7-15-9)10(17)16-12(11(18)19)4-2-1-3-5-12/h6-7H,1-5H2,(H2,13,15)(H,16,17)(H,18,19). The number of aromatic nitrogens is 2. The highest BCUT2D eigenvalue weighted by atomic mass is 16.4. The number of carboxylic acids is 1. The van der Waals surface area contributed by atoms with Crippen LogP contribution in [0.1, 0.15) is 42.6 Å². The second-order valence-electron chi connectivity index (χ2n) is 4.69. The molecule has 0 saturated heterocycles. The number of hydrogen-bond donors (Lipinski definition) is 3. The Morgan fingerprint density at radius 1 is 1.21 bits per heavy atom. The third-order valence-electron chi connectivity index (χ3n) is 3.41. The predicted molar refractivity (Wildman–Crippen MR) is 67.4 cm³/mol. The summed E-state index contributed by atoms with van der Waals surface area (Å²) in [5, 5.41) is 11.9. The van der Waals surface area contributed by atoms with Crippen molar-refractivity contribution < 1.29 is 14.7 Å². The van der Waals surface area contributed by atoms with Gasteiger partial charge in [-0.2, -0.15) is 0 Å². The van der Waals surface area contributed by atoms with Gasteiger partial charge in [0, 0.05) is 12.4 Å². The van der Waals surface area contributed by atoms with Gasteiger partial charge in [-0.05, 0) is 12.8 Å². The van der Waals surface area contributed by atoms with Crippen molar-refractivity contribution in [3.63, 3.8) is 0 Å². The number of nitrogens with one attached hydrogen (secondary N) is 1. The fraction of sp³-hybridized carbons (Fsp3) is 0.500. The highest BCUT2D eigenvalue weighted by Gasteiger charge is 2.41. The zero-order chi connectivity index (χ0) is 13.9. The van der Waals surface area contributed by atoms with Crippen LogP contribution in [0.4, 0.5) is 5.82 Å². The van der Waals surface area contributed by atoms with Crippen LogP contribution in [-0.4, -0.2) is 32.5 Å². The molecule has 19 heavy (non-hydrogen) atoms. The van der Waals surface area contributed by atoms with E-state index in [4.69, 9.17) is 5.73 Å². The molecule has 1 amide bonds. The lowest BCUT2D eigenvalue weighted by molar-refractivity contribution is -0.145. The van der Waals surface area contributed by atoms with Gasteiger partial charge >= 0.3 is 5.97 Å². The van der Waals surface area contributed by atoms with E-state index in [9.17, 15) is 14.7 Å². The molecule has 7 heteroatoms. The molecule has 0 aromatic carbocycles. The van der Waals surface area contributed by atoms with Gasteiger partial charge in [-0.25, -0.2) is 14.8 Å². The minimum Gasteiger partial charge on any atom is -0.480 e. The molecular weight excluding hydrogens is 248 g/mol. The summed E-state index contributed by atoms with van der Waals surface area (Å²) in [6.45, 7) is 0. The maximum atomic E-state index is 12.1. The maximum absolute atomic E-state index is 12.1. The first-order valence-electron chi connectivity index (χ1n) is 6.17. The van der Waals surface area contributed by atoms with Crippen molar-refractivity contribution in [2.75, 3.05) is 5.73 Å². The lowest BCUT2D eigenvalue weighted by Crippen LogP contribution is -2.55. The first kappa shape index (κ1) is 13.3. The summed E-state index contributed by atoms with van der Waals surface area (Å²) in [6.07, 6.45) is 6.12. The second kappa shape index (κ2) is 5.21. The van der Waals surface area contributed by atoms with Crippen molar-refractivity contribution in [2.24, 2.45) is 0 Å². The van der Waals surface area contributed by atoms with Gasteiger partial charge in [0.25, 0.3) is 5.91 Å². The Balaban J connectivity index is 2.20. The van der Waals surface area contributed by atoms with Crippen molar-refractivity contribution in [3.8, 4) is 0 Å². The Kier molecular flexibility index (Phi) is 3.64. The number of amides is 1. The number of nitrogen functional groups attached to an aromatic ring is 1. The number of rotatable bonds is 3. The van der Waals surface area contributed by atoms with Crippen LogP contribution in [0.5, 0.6) is 0 Å². The van der Waals surface area contributed by atoms with E-state index in [-0.39, 0.29) is 11.5 Å². The average Bonchev–Trinajstić information content (AvgIpc) is 2.40. The van der Waals surface area contributed by atoms with Crippen LogP contribution in [0.3, 0.4) is 0 Å². The fourth-order valence-electron chi connectivity index (χ4n) is 2.35. The molecule has 1 heterocycles. The van der Waals surface area contributed by atoms with Crippen molar-refractivity contribution in [3.05, 3.63) is 18.1 Å². The smallest absolute Gasteiger partial charge is 0.329 e. The van der Waals surface area contributed by atoms with Gasteiger partial charge < -0.3 is 16.2 Å². The molecule has 2 rings (SSSR count). The molecular formula is C12H16N4O3. The Morgan fingerprint density at radius 3 is 2.42 bits per heavy atom. The van der Waals surface area contributed by atoms with Crippen LogP contribution in [-0.2, 0) is 4.79 Å². The SMILES string of the molecule is Nc1nccnc1C(=O)NC1(C(=O)O)CCCCC1. The molecule has 0 radical (unpaired) electrons. The van der Waals surface area contributed by atoms with E-state index in [0.29, 0.717) is 12.8 Å². The van der Waals surface area contributed by atoms with Gasteiger partial charge in [-0.3, -0.25) is 4.79 Å². The number of nitrogens with two attached hydrogens (primary N) is 1. The minimum absolute atomic E-state index is 0.00338. The number of carboxylic acid groups (broad SMARTS) is 1. The minimum atomic E-state index is -1.21. The van der Waals surface area contributed by atoms with E-state index >= 15 is 0 Å². The first-order chi connectivity index (χ1) is 9.05. The second-order valence-corrected chi connectivity index (χ2v) is 4.69. The highest BCUT2D eigenvalue weighted by molar-refractivity contribution is 5.99. The summed E-state index contributed by atoms with van der Waals surface area (Å²) in [5.74, 6) is -1.60. The Labute approximate surface area is 110 Å². The Hall–Kier alpha value is -2.18. The highest BCUT2D eigenvalue weighted by Crippen LogP contribution is 2.28. The summed E-state index contributed by atoms with van der Waals surface area (Å²) in [7, 11) is 0. The van der Waals surface area contributed by atoms with Crippen molar-refractivity contribution in [2.45, 2.75) is 37.6 Å². The lowest BCUT2D eigenvalue weighted by atomic mass is 9.81. The molecule has 1 fully saturated rings. The van der Waals surface area contributed by atoms with E-state index in [1.54, 1.807) is 0 Å². The predicted octanol–water partition coefficient (Wildman–Crippen LogP) is 0.576. The number of aliphatic carboxylic acids is 1. The van der Waals surface area contributed by atoms with Gasteiger partial charge in [0.2, 0.25) is 0 Å². The third kappa shape index (κ3) is 2.64. The molecule has 4 N–H and O–H groups in total. The maximum Gasteiger partial charge on any atom is 0.329 e. The Morgan fingerprint density at radius 2 is 1.84 bits per heavy atom.